The Bertz CT molecular complexity index is 403. The van der Waals surface area contributed by atoms with E-state index in [0.717, 1.165) is 25.1 Å². The monoisotopic (exact) mass is 247 g/mol. The van der Waals surface area contributed by atoms with E-state index in [1.54, 1.807) is 6.20 Å². The van der Waals surface area contributed by atoms with Crippen LogP contribution in [0.3, 0.4) is 0 Å². The highest BCUT2D eigenvalue weighted by molar-refractivity contribution is 5.82. The lowest BCUT2D eigenvalue weighted by Crippen LogP contribution is -2.55. The van der Waals surface area contributed by atoms with Crippen LogP contribution in [0, 0.1) is 5.41 Å². The highest BCUT2D eigenvalue weighted by Crippen LogP contribution is 2.30. The minimum Gasteiger partial charge on any atom is -0.349 e. The third kappa shape index (κ3) is 3.07. The Hall–Kier alpha value is -1.42. The van der Waals surface area contributed by atoms with Crippen LogP contribution >= 0.6 is 0 Å². The molecule has 1 fully saturated rings. The van der Waals surface area contributed by atoms with Gasteiger partial charge in [-0.25, -0.2) is 0 Å². The Morgan fingerprint density at radius 2 is 2.39 bits per heavy atom. The van der Waals surface area contributed by atoms with Gasteiger partial charge < -0.3 is 10.6 Å². The van der Waals surface area contributed by atoms with Crippen LogP contribution in [0.1, 0.15) is 32.4 Å². The van der Waals surface area contributed by atoms with E-state index in [-0.39, 0.29) is 17.4 Å². The minimum absolute atomic E-state index is 0.0203. The van der Waals surface area contributed by atoms with E-state index in [2.05, 4.69) is 29.5 Å². The lowest BCUT2D eigenvalue weighted by atomic mass is 9.77. The van der Waals surface area contributed by atoms with E-state index < -0.39 is 0 Å². The van der Waals surface area contributed by atoms with Crippen molar-refractivity contribution in [1.82, 2.24) is 15.6 Å². The molecule has 0 aliphatic carbocycles. The maximum atomic E-state index is 12.2. The number of rotatable bonds is 3. The molecule has 0 spiro atoms. The van der Waals surface area contributed by atoms with Crippen molar-refractivity contribution in [1.29, 1.82) is 0 Å². The third-order valence-electron chi connectivity index (χ3n) is 3.56. The number of amides is 1. The van der Waals surface area contributed by atoms with Crippen LogP contribution in [0.2, 0.25) is 0 Å². The quantitative estimate of drug-likeness (QED) is 0.850. The van der Waals surface area contributed by atoms with Crippen molar-refractivity contribution in [2.24, 2.45) is 5.41 Å². The molecular formula is C14H21N3O. The Labute approximate surface area is 108 Å². The molecule has 1 amide bonds. The zero-order valence-electron chi connectivity index (χ0n) is 11.1. The average Bonchev–Trinajstić information content (AvgIpc) is 2.37. The van der Waals surface area contributed by atoms with Gasteiger partial charge in [0.1, 0.15) is 0 Å². The predicted molar refractivity (Wildman–Crippen MR) is 70.9 cm³/mol. The summed E-state index contributed by atoms with van der Waals surface area (Å²) in [6.07, 6.45) is 3.96. The fourth-order valence-corrected chi connectivity index (χ4v) is 2.44. The number of nitrogens with zero attached hydrogens (tertiary/aromatic N) is 1. The normalized spacial score (nSPS) is 22.4. The first-order chi connectivity index (χ1) is 8.59. The van der Waals surface area contributed by atoms with Crippen molar-refractivity contribution < 1.29 is 4.79 Å². The molecular weight excluding hydrogens is 226 g/mol. The fourth-order valence-electron chi connectivity index (χ4n) is 2.44. The van der Waals surface area contributed by atoms with Gasteiger partial charge in [-0.05, 0) is 36.9 Å². The van der Waals surface area contributed by atoms with E-state index in [4.69, 9.17) is 0 Å². The number of aromatic nitrogens is 1. The fraction of sp³-hybridized carbons (Fsp3) is 0.571. The van der Waals surface area contributed by atoms with Gasteiger partial charge in [0.2, 0.25) is 5.91 Å². The molecule has 1 saturated heterocycles. The van der Waals surface area contributed by atoms with E-state index >= 15 is 0 Å². The average molecular weight is 247 g/mol. The van der Waals surface area contributed by atoms with Gasteiger partial charge >= 0.3 is 0 Å². The SMILES string of the molecule is CC1(C)CCCNC1C(=O)NCc1ccccn1. The van der Waals surface area contributed by atoms with Gasteiger partial charge in [-0.15, -0.1) is 0 Å². The molecule has 0 bridgehead atoms. The largest absolute Gasteiger partial charge is 0.349 e. The van der Waals surface area contributed by atoms with E-state index in [1.165, 1.54) is 0 Å². The summed E-state index contributed by atoms with van der Waals surface area (Å²) in [5.74, 6) is 0.0744. The third-order valence-corrected chi connectivity index (χ3v) is 3.56. The number of pyridine rings is 1. The number of carbonyl (C=O) groups excluding carboxylic acids is 1. The lowest BCUT2D eigenvalue weighted by molar-refractivity contribution is -0.127. The van der Waals surface area contributed by atoms with Crippen molar-refractivity contribution in [3.8, 4) is 0 Å². The molecule has 1 aromatic heterocycles. The van der Waals surface area contributed by atoms with E-state index in [1.807, 2.05) is 18.2 Å². The second-order valence-electron chi connectivity index (χ2n) is 5.52. The smallest absolute Gasteiger partial charge is 0.238 e. The van der Waals surface area contributed by atoms with Crippen molar-refractivity contribution in [2.45, 2.75) is 39.3 Å². The van der Waals surface area contributed by atoms with Crippen LogP contribution in [0.4, 0.5) is 0 Å². The molecule has 1 aliphatic heterocycles. The number of carbonyl (C=O) groups is 1. The zero-order valence-corrected chi connectivity index (χ0v) is 11.1. The molecule has 1 aliphatic rings. The van der Waals surface area contributed by atoms with Crippen molar-refractivity contribution >= 4 is 5.91 Å². The molecule has 18 heavy (non-hydrogen) atoms. The predicted octanol–water partition coefficient (Wildman–Crippen LogP) is 1.48. The number of hydrogen-bond donors (Lipinski definition) is 2. The van der Waals surface area contributed by atoms with Gasteiger partial charge in [0.05, 0.1) is 18.3 Å². The maximum Gasteiger partial charge on any atom is 0.238 e. The summed E-state index contributed by atoms with van der Waals surface area (Å²) in [5, 5.41) is 6.27. The molecule has 0 radical (unpaired) electrons. The molecule has 4 heteroatoms. The summed E-state index contributed by atoms with van der Waals surface area (Å²) in [6, 6.07) is 5.61. The summed E-state index contributed by atoms with van der Waals surface area (Å²) in [5.41, 5.74) is 0.909. The molecule has 1 aromatic rings. The molecule has 4 nitrogen and oxygen atoms in total. The van der Waals surface area contributed by atoms with Gasteiger partial charge in [-0.3, -0.25) is 9.78 Å². The van der Waals surface area contributed by atoms with Gasteiger partial charge in [0.25, 0.3) is 0 Å². The molecule has 1 unspecified atom stereocenters. The van der Waals surface area contributed by atoms with Crippen molar-refractivity contribution in [3.05, 3.63) is 30.1 Å². The van der Waals surface area contributed by atoms with E-state index in [0.29, 0.717) is 6.54 Å². The summed E-state index contributed by atoms with van der Waals surface area (Å²) < 4.78 is 0. The van der Waals surface area contributed by atoms with Crippen LogP contribution in [0.15, 0.2) is 24.4 Å². The van der Waals surface area contributed by atoms with Gasteiger partial charge in [0.15, 0.2) is 0 Å². The number of nitrogens with one attached hydrogen (secondary N) is 2. The van der Waals surface area contributed by atoms with Crippen LogP contribution in [-0.2, 0) is 11.3 Å². The second kappa shape index (κ2) is 5.48. The number of piperidine rings is 1. The van der Waals surface area contributed by atoms with Crippen LogP contribution in [0.25, 0.3) is 0 Å². The highest BCUT2D eigenvalue weighted by atomic mass is 16.2. The van der Waals surface area contributed by atoms with Crippen LogP contribution in [0.5, 0.6) is 0 Å². The summed E-state index contributed by atoms with van der Waals surface area (Å²) in [4.78, 5) is 16.4. The Morgan fingerprint density at radius 1 is 1.56 bits per heavy atom. The highest BCUT2D eigenvalue weighted by Gasteiger charge is 2.36. The Kier molecular flexibility index (Phi) is 3.97. The topological polar surface area (TPSA) is 54.0 Å². The molecule has 0 aromatic carbocycles. The second-order valence-corrected chi connectivity index (χ2v) is 5.52. The van der Waals surface area contributed by atoms with Crippen LogP contribution < -0.4 is 10.6 Å². The first-order valence-electron chi connectivity index (χ1n) is 6.50. The minimum atomic E-state index is -0.102. The molecule has 2 N–H and O–H groups in total. The van der Waals surface area contributed by atoms with Gasteiger partial charge in [-0.2, -0.15) is 0 Å². The van der Waals surface area contributed by atoms with Crippen LogP contribution in [-0.4, -0.2) is 23.5 Å². The molecule has 0 saturated carbocycles. The van der Waals surface area contributed by atoms with Crippen molar-refractivity contribution in [2.75, 3.05) is 6.54 Å². The first kappa shape index (κ1) is 13.0. The standard InChI is InChI=1S/C14H21N3O/c1-14(2)7-5-9-16-12(14)13(18)17-10-11-6-3-4-8-15-11/h3-4,6,8,12,16H,5,7,9-10H2,1-2H3,(H,17,18). The van der Waals surface area contributed by atoms with E-state index in [9.17, 15) is 4.79 Å². The van der Waals surface area contributed by atoms with Gasteiger partial charge in [-0.1, -0.05) is 19.9 Å². The lowest BCUT2D eigenvalue weighted by Gasteiger charge is -2.38. The zero-order chi connectivity index (χ0) is 13.0. The summed E-state index contributed by atoms with van der Waals surface area (Å²) >= 11 is 0. The first-order valence-corrected chi connectivity index (χ1v) is 6.50. The Morgan fingerprint density at radius 3 is 3.06 bits per heavy atom. The molecule has 2 rings (SSSR count). The maximum absolute atomic E-state index is 12.2. The Balaban J connectivity index is 1.91. The summed E-state index contributed by atoms with van der Waals surface area (Å²) in [6.45, 7) is 5.70. The van der Waals surface area contributed by atoms with Gasteiger partial charge in [0, 0.05) is 6.20 Å². The van der Waals surface area contributed by atoms with Crippen molar-refractivity contribution in [3.63, 3.8) is 0 Å². The molecule has 98 valence electrons. The molecule has 2 heterocycles. The number of hydrogen-bond acceptors (Lipinski definition) is 3. The summed E-state index contributed by atoms with van der Waals surface area (Å²) in [7, 11) is 0. The molecule has 1 atom stereocenters.